The lowest BCUT2D eigenvalue weighted by Crippen LogP contribution is -2.25. The highest BCUT2D eigenvalue weighted by Gasteiger charge is 2.16. The number of aromatic nitrogens is 5. The van der Waals surface area contributed by atoms with E-state index in [1.165, 1.54) is 25.0 Å². The van der Waals surface area contributed by atoms with E-state index < -0.39 is 0 Å². The third-order valence-corrected chi connectivity index (χ3v) is 7.69. The van der Waals surface area contributed by atoms with Gasteiger partial charge < -0.3 is 14.5 Å². The Morgan fingerprint density at radius 1 is 0.902 bits per heavy atom. The number of benzene rings is 2. The second-order valence-electron chi connectivity index (χ2n) is 10.3. The summed E-state index contributed by atoms with van der Waals surface area (Å²) in [6, 6.07) is 16.9. The normalized spacial score (nSPS) is 13.8. The van der Waals surface area contributed by atoms with Crippen molar-refractivity contribution in [2.24, 2.45) is 0 Å². The Bertz CT molecular complexity index is 1860. The molecule has 206 valence electrons. The van der Waals surface area contributed by atoms with Gasteiger partial charge >= 0.3 is 0 Å². The average molecular weight is 549 g/mol. The smallest absolute Gasteiger partial charge is 0.138 e. The van der Waals surface area contributed by atoms with Crippen LogP contribution in [0.2, 0.25) is 0 Å². The molecule has 5 heterocycles. The summed E-state index contributed by atoms with van der Waals surface area (Å²) in [4.78, 5) is 14.6. The Kier molecular flexibility index (Phi) is 6.56. The van der Waals surface area contributed by atoms with E-state index in [0.29, 0.717) is 23.8 Å². The molecule has 1 aliphatic rings. The molecular formula is C32H29FN6O2. The number of aromatic amines is 2. The Balaban J connectivity index is 1.23. The van der Waals surface area contributed by atoms with Gasteiger partial charge in [-0.1, -0.05) is 6.07 Å². The molecule has 0 spiro atoms. The summed E-state index contributed by atoms with van der Waals surface area (Å²) in [5, 5.41) is 9.58. The third-order valence-electron chi connectivity index (χ3n) is 7.69. The predicted octanol–water partition coefficient (Wildman–Crippen LogP) is 6.46. The summed E-state index contributed by atoms with van der Waals surface area (Å²) < 4.78 is 26.0. The molecule has 0 radical (unpaired) electrons. The van der Waals surface area contributed by atoms with Gasteiger partial charge in [-0.15, -0.1) is 0 Å². The van der Waals surface area contributed by atoms with E-state index in [-0.39, 0.29) is 5.82 Å². The molecule has 41 heavy (non-hydrogen) atoms. The molecule has 0 amide bonds. The van der Waals surface area contributed by atoms with Crippen molar-refractivity contribution in [1.29, 1.82) is 0 Å². The van der Waals surface area contributed by atoms with Crippen LogP contribution in [-0.4, -0.2) is 63.4 Å². The minimum absolute atomic E-state index is 0.336. The Hall–Kier alpha value is -4.76. The Labute approximate surface area is 236 Å². The minimum Gasteiger partial charge on any atom is -0.495 e. The molecule has 0 unspecified atom stereocenters. The first-order valence-corrected chi connectivity index (χ1v) is 13.8. The lowest BCUT2D eigenvalue weighted by Gasteiger charge is -2.15. The van der Waals surface area contributed by atoms with Crippen molar-refractivity contribution in [3.05, 3.63) is 79.0 Å². The van der Waals surface area contributed by atoms with Crippen LogP contribution in [0.3, 0.4) is 0 Å². The van der Waals surface area contributed by atoms with Crippen LogP contribution in [0, 0.1) is 5.82 Å². The lowest BCUT2D eigenvalue weighted by molar-refractivity contribution is 0.237. The number of H-pyrrole nitrogens is 2. The van der Waals surface area contributed by atoms with Crippen molar-refractivity contribution in [2.75, 3.05) is 33.4 Å². The van der Waals surface area contributed by atoms with Crippen LogP contribution in [0.15, 0.2) is 73.2 Å². The van der Waals surface area contributed by atoms with Crippen molar-refractivity contribution in [3.8, 4) is 45.1 Å². The summed E-state index contributed by atoms with van der Waals surface area (Å²) in [5.74, 6) is 0.886. The van der Waals surface area contributed by atoms with Gasteiger partial charge in [0.2, 0.25) is 0 Å². The Morgan fingerprint density at radius 3 is 2.66 bits per heavy atom. The molecule has 1 saturated heterocycles. The first-order valence-electron chi connectivity index (χ1n) is 13.8. The highest BCUT2D eigenvalue weighted by atomic mass is 19.1. The standard InChI is InChI=1S/C32H29FN6O2/c1-40-25-14-22(18-34-19-25)20-4-5-29-28(15-20)31(38-37-29)30-17-27-26(6-7-35-32(27)36-30)21-12-23(33)16-24(13-21)41-11-10-39-8-2-3-9-39/h4-7,12-19H,2-3,8-11H2,1H3,(H,35,36)(H,37,38). The van der Waals surface area contributed by atoms with Crippen LogP contribution in [-0.2, 0) is 0 Å². The SMILES string of the molecule is COc1cncc(-c2ccc3[nH]nc(-c4cc5c(-c6cc(F)cc(OCCN7CCCC7)c6)ccnc5[nH]4)c3c2)c1. The zero-order valence-corrected chi connectivity index (χ0v) is 22.7. The second-order valence-corrected chi connectivity index (χ2v) is 10.3. The fourth-order valence-corrected chi connectivity index (χ4v) is 5.59. The van der Waals surface area contributed by atoms with Crippen molar-refractivity contribution < 1.29 is 13.9 Å². The number of halogens is 1. The van der Waals surface area contributed by atoms with E-state index in [2.05, 4.69) is 36.1 Å². The maximum Gasteiger partial charge on any atom is 0.138 e. The van der Waals surface area contributed by atoms with Crippen LogP contribution in [0.5, 0.6) is 11.5 Å². The quantitative estimate of drug-likeness (QED) is 0.227. The van der Waals surface area contributed by atoms with Crippen LogP contribution in [0.25, 0.3) is 55.6 Å². The lowest BCUT2D eigenvalue weighted by atomic mass is 10.0. The molecule has 8 nitrogen and oxygen atoms in total. The van der Waals surface area contributed by atoms with Gasteiger partial charge in [0.05, 0.1) is 24.5 Å². The highest BCUT2D eigenvalue weighted by molar-refractivity contribution is 6.00. The largest absolute Gasteiger partial charge is 0.495 e. The Morgan fingerprint density at radius 2 is 1.78 bits per heavy atom. The van der Waals surface area contributed by atoms with Gasteiger partial charge in [0.1, 0.15) is 35.3 Å². The summed E-state index contributed by atoms with van der Waals surface area (Å²) >= 11 is 0. The van der Waals surface area contributed by atoms with E-state index >= 15 is 0 Å². The van der Waals surface area contributed by atoms with Crippen molar-refractivity contribution in [3.63, 3.8) is 0 Å². The average Bonchev–Trinajstić information content (AvgIpc) is 3.76. The number of hydrogen-bond acceptors (Lipinski definition) is 6. The monoisotopic (exact) mass is 548 g/mol. The predicted molar refractivity (Wildman–Crippen MR) is 158 cm³/mol. The third kappa shape index (κ3) is 5.00. The van der Waals surface area contributed by atoms with Crippen LogP contribution < -0.4 is 9.47 Å². The number of likely N-dealkylation sites (tertiary alicyclic amines) is 1. The van der Waals surface area contributed by atoms with Gasteiger partial charge in [-0.25, -0.2) is 9.37 Å². The van der Waals surface area contributed by atoms with E-state index in [1.54, 1.807) is 19.5 Å². The maximum absolute atomic E-state index is 14.7. The molecule has 4 aromatic heterocycles. The number of nitrogens with one attached hydrogen (secondary N) is 2. The van der Waals surface area contributed by atoms with Crippen LogP contribution in [0.1, 0.15) is 12.8 Å². The van der Waals surface area contributed by atoms with Gasteiger partial charge in [0, 0.05) is 41.3 Å². The van der Waals surface area contributed by atoms with Gasteiger partial charge in [0.25, 0.3) is 0 Å². The first kappa shape index (κ1) is 25.2. The number of fused-ring (bicyclic) bond motifs is 2. The molecule has 9 heteroatoms. The zero-order chi connectivity index (χ0) is 27.8. The molecule has 0 saturated carbocycles. The number of methoxy groups -OCH3 is 1. The zero-order valence-electron chi connectivity index (χ0n) is 22.7. The maximum atomic E-state index is 14.7. The van der Waals surface area contributed by atoms with Crippen molar-refractivity contribution >= 4 is 21.9 Å². The molecule has 0 atom stereocenters. The van der Waals surface area contributed by atoms with Crippen molar-refractivity contribution in [1.82, 2.24) is 30.0 Å². The molecule has 2 aromatic carbocycles. The molecule has 7 rings (SSSR count). The van der Waals surface area contributed by atoms with Gasteiger partial charge in [-0.3, -0.25) is 15.0 Å². The van der Waals surface area contributed by atoms with E-state index in [1.807, 2.05) is 42.6 Å². The fraction of sp³-hybridized carbons (Fsp3) is 0.219. The fourth-order valence-electron chi connectivity index (χ4n) is 5.59. The summed E-state index contributed by atoms with van der Waals surface area (Å²) in [6.07, 6.45) is 7.69. The molecule has 2 N–H and O–H groups in total. The van der Waals surface area contributed by atoms with Crippen LogP contribution >= 0.6 is 0 Å². The molecule has 1 aliphatic heterocycles. The number of pyridine rings is 2. The minimum atomic E-state index is -0.336. The number of nitrogens with zero attached hydrogens (tertiary/aromatic N) is 4. The number of ether oxygens (including phenoxy) is 2. The first-order chi connectivity index (χ1) is 20.1. The topological polar surface area (TPSA) is 91.9 Å². The molecule has 1 fully saturated rings. The summed E-state index contributed by atoms with van der Waals surface area (Å²) in [6.45, 7) is 3.59. The number of rotatable bonds is 8. The van der Waals surface area contributed by atoms with E-state index in [9.17, 15) is 4.39 Å². The number of hydrogen-bond donors (Lipinski definition) is 2. The molecule has 0 aliphatic carbocycles. The van der Waals surface area contributed by atoms with Gasteiger partial charge in [0.15, 0.2) is 0 Å². The molecule has 6 aromatic rings. The summed E-state index contributed by atoms with van der Waals surface area (Å²) in [7, 11) is 1.63. The van der Waals surface area contributed by atoms with Crippen LogP contribution in [0.4, 0.5) is 4.39 Å². The summed E-state index contributed by atoms with van der Waals surface area (Å²) in [5.41, 5.74) is 6.73. The molecule has 0 bridgehead atoms. The molecular weight excluding hydrogens is 519 g/mol. The van der Waals surface area contributed by atoms with E-state index in [4.69, 9.17) is 9.47 Å². The van der Waals surface area contributed by atoms with Crippen molar-refractivity contribution in [2.45, 2.75) is 12.8 Å². The second kappa shape index (κ2) is 10.7. The van der Waals surface area contributed by atoms with Gasteiger partial charge in [-0.05, 0) is 85.1 Å². The highest BCUT2D eigenvalue weighted by Crippen LogP contribution is 2.36. The van der Waals surface area contributed by atoms with E-state index in [0.717, 1.165) is 69.6 Å². The van der Waals surface area contributed by atoms with Gasteiger partial charge in [-0.2, -0.15) is 5.10 Å².